The molecule has 106 valence electrons. The molecule has 0 fully saturated rings. The van der Waals surface area contributed by atoms with Crippen LogP contribution in [0.15, 0.2) is 23.1 Å². The molecule has 0 aliphatic rings. The standard InChI is InChI=1S/C12H16O6S/c1-8(13)5-6-19(16,17)11-7-9(12(14)15)3-4-10(11)18-2/h3-4,7-8,13H,5-6H2,1-2H3,(H,14,15). The summed E-state index contributed by atoms with van der Waals surface area (Å²) in [4.78, 5) is 10.7. The minimum atomic E-state index is -3.70. The molecule has 1 rings (SSSR count). The third-order valence-electron chi connectivity index (χ3n) is 2.55. The van der Waals surface area contributed by atoms with Gasteiger partial charge in [-0.2, -0.15) is 0 Å². The summed E-state index contributed by atoms with van der Waals surface area (Å²) in [6, 6.07) is 3.64. The van der Waals surface area contributed by atoms with Crippen LogP contribution in [0.3, 0.4) is 0 Å². The number of hydrogen-bond donors (Lipinski definition) is 2. The van der Waals surface area contributed by atoms with Crippen LogP contribution in [0.5, 0.6) is 5.75 Å². The maximum absolute atomic E-state index is 12.1. The Morgan fingerprint density at radius 1 is 1.42 bits per heavy atom. The Hall–Kier alpha value is -1.60. The van der Waals surface area contributed by atoms with Crippen molar-refractivity contribution in [3.63, 3.8) is 0 Å². The molecule has 19 heavy (non-hydrogen) atoms. The van der Waals surface area contributed by atoms with Crippen LogP contribution in [0.1, 0.15) is 23.7 Å². The first-order chi connectivity index (χ1) is 8.77. The number of benzene rings is 1. The lowest BCUT2D eigenvalue weighted by Gasteiger charge is -2.11. The van der Waals surface area contributed by atoms with E-state index in [9.17, 15) is 13.2 Å². The van der Waals surface area contributed by atoms with Gasteiger partial charge in [0.25, 0.3) is 0 Å². The number of rotatable bonds is 6. The number of methoxy groups -OCH3 is 1. The maximum atomic E-state index is 12.1. The first kappa shape index (κ1) is 15.5. The molecule has 0 saturated carbocycles. The summed E-state index contributed by atoms with van der Waals surface area (Å²) in [5.74, 6) is -1.39. The fraction of sp³-hybridized carbons (Fsp3) is 0.417. The zero-order chi connectivity index (χ0) is 14.6. The number of aliphatic hydroxyl groups is 1. The smallest absolute Gasteiger partial charge is 0.335 e. The Labute approximate surface area is 111 Å². The van der Waals surface area contributed by atoms with Crippen molar-refractivity contribution in [2.45, 2.75) is 24.3 Å². The van der Waals surface area contributed by atoms with Gasteiger partial charge in [-0.25, -0.2) is 13.2 Å². The number of carboxylic acid groups (broad SMARTS) is 1. The minimum absolute atomic E-state index is 0.0722. The van der Waals surface area contributed by atoms with E-state index in [1.165, 1.54) is 26.2 Å². The van der Waals surface area contributed by atoms with E-state index >= 15 is 0 Å². The van der Waals surface area contributed by atoms with Crippen molar-refractivity contribution in [3.05, 3.63) is 23.8 Å². The summed E-state index contributed by atoms with van der Waals surface area (Å²) < 4.78 is 29.2. The van der Waals surface area contributed by atoms with Gasteiger partial charge in [-0.15, -0.1) is 0 Å². The molecule has 0 amide bonds. The van der Waals surface area contributed by atoms with Gasteiger partial charge in [0.05, 0.1) is 24.5 Å². The first-order valence-corrected chi connectivity index (χ1v) is 7.25. The van der Waals surface area contributed by atoms with E-state index < -0.39 is 21.9 Å². The highest BCUT2D eigenvalue weighted by Gasteiger charge is 2.22. The topological polar surface area (TPSA) is 101 Å². The Bertz CT molecular complexity index is 562. The van der Waals surface area contributed by atoms with Gasteiger partial charge >= 0.3 is 5.97 Å². The second-order valence-corrected chi connectivity index (χ2v) is 6.20. The zero-order valence-corrected chi connectivity index (χ0v) is 11.5. The highest BCUT2D eigenvalue weighted by molar-refractivity contribution is 7.91. The highest BCUT2D eigenvalue weighted by Crippen LogP contribution is 2.26. The molecule has 1 aromatic carbocycles. The summed E-state index contributed by atoms with van der Waals surface area (Å²) >= 11 is 0. The number of ether oxygens (including phenoxy) is 1. The molecule has 0 saturated heterocycles. The molecular weight excluding hydrogens is 272 g/mol. The Kier molecular flexibility index (Phi) is 4.90. The van der Waals surface area contributed by atoms with E-state index in [2.05, 4.69) is 0 Å². The van der Waals surface area contributed by atoms with Gasteiger partial charge in [-0.05, 0) is 31.5 Å². The monoisotopic (exact) mass is 288 g/mol. The molecular formula is C12H16O6S. The van der Waals surface area contributed by atoms with E-state index in [0.717, 1.165) is 6.07 Å². The number of carbonyl (C=O) groups is 1. The highest BCUT2D eigenvalue weighted by atomic mass is 32.2. The van der Waals surface area contributed by atoms with E-state index in [1.807, 2.05) is 0 Å². The van der Waals surface area contributed by atoms with E-state index in [0.29, 0.717) is 0 Å². The summed E-state index contributed by atoms with van der Waals surface area (Å²) in [6.45, 7) is 1.49. The summed E-state index contributed by atoms with van der Waals surface area (Å²) in [5.41, 5.74) is -0.128. The van der Waals surface area contributed by atoms with Gasteiger partial charge < -0.3 is 14.9 Å². The van der Waals surface area contributed by atoms with Crippen LogP contribution in [-0.2, 0) is 9.84 Å². The zero-order valence-electron chi connectivity index (χ0n) is 10.7. The maximum Gasteiger partial charge on any atom is 0.335 e. The molecule has 0 aromatic heterocycles. The van der Waals surface area contributed by atoms with E-state index in [1.54, 1.807) is 0 Å². The molecule has 0 aliphatic heterocycles. The van der Waals surface area contributed by atoms with Gasteiger partial charge in [0.1, 0.15) is 10.6 Å². The molecule has 1 aromatic rings. The number of aromatic carboxylic acids is 1. The SMILES string of the molecule is COc1ccc(C(=O)O)cc1S(=O)(=O)CCC(C)O. The lowest BCUT2D eigenvalue weighted by atomic mass is 10.2. The lowest BCUT2D eigenvalue weighted by Crippen LogP contribution is -2.14. The van der Waals surface area contributed by atoms with E-state index in [4.69, 9.17) is 14.9 Å². The molecule has 6 nitrogen and oxygen atoms in total. The number of hydrogen-bond acceptors (Lipinski definition) is 5. The number of aliphatic hydroxyl groups excluding tert-OH is 1. The number of sulfone groups is 1. The summed E-state index contributed by atoms with van der Waals surface area (Å²) in [6.07, 6.45) is -0.675. The molecule has 0 aliphatic carbocycles. The van der Waals surface area contributed by atoms with Gasteiger partial charge in [-0.1, -0.05) is 0 Å². The molecule has 2 N–H and O–H groups in total. The summed E-state index contributed by atoms with van der Waals surface area (Å²) in [5, 5.41) is 18.0. The molecule has 1 unspecified atom stereocenters. The first-order valence-electron chi connectivity index (χ1n) is 5.60. The predicted molar refractivity (Wildman–Crippen MR) is 68.3 cm³/mol. The Morgan fingerprint density at radius 2 is 2.05 bits per heavy atom. The Morgan fingerprint density at radius 3 is 2.53 bits per heavy atom. The quantitative estimate of drug-likeness (QED) is 0.808. The average Bonchev–Trinajstić information content (AvgIpc) is 2.35. The van der Waals surface area contributed by atoms with Crippen LogP contribution < -0.4 is 4.74 Å². The fourth-order valence-corrected chi connectivity index (χ4v) is 3.12. The van der Waals surface area contributed by atoms with Crippen molar-refractivity contribution in [2.75, 3.05) is 12.9 Å². The van der Waals surface area contributed by atoms with Crippen LogP contribution in [0, 0.1) is 0 Å². The van der Waals surface area contributed by atoms with Gasteiger partial charge in [0.15, 0.2) is 9.84 Å². The molecule has 7 heteroatoms. The predicted octanol–water partition coefficient (Wildman–Crippen LogP) is 0.938. The molecule has 0 spiro atoms. The van der Waals surface area contributed by atoms with Gasteiger partial charge in [-0.3, -0.25) is 0 Å². The molecule has 0 heterocycles. The second-order valence-electron chi connectivity index (χ2n) is 4.13. The summed E-state index contributed by atoms with van der Waals surface area (Å²) in [7, 11) is -2.39. The average molecular weight is 288 g/mol. The third-order valence-corrected chi connectivity index (χ3v) is 4.31. The largest absolute Gasteiger partial charge is 0.495 e. The van der Waals surface area contributed by atoms with E-state index in [-0.39, 0.29) is 28.4 Å². The van der Waals surface area contributed by atoms with Crippen molar-refractivity contribution in [3.8, 4) is 5.75 Å². The third kappa shape index (κ3) is 3.93. The van der Waals surface area contributed by atoms with Crippen LogP contribution >= 0.6 is 0 Å². The fourth-order valence-electron chi connectivity index (χ4n) is 1.49. The minimum Gasteiger partial charge on any atom is -0.495 e. The Balaban J connectivity index is 3.22. The van der Waals surface area contributed by atoms with Gasteiger partial charge in [0.2, 0.25) is 0 Å². The normalized spacial score (nSPS) is 13.0. The number of carboxylic acids is 1. The van der Waals surface area contributed by atoms with Gasteiger partial charge in [0, 0.05) is 0 Å². The van der Waals surface area contributed by atoms with Crippen LogP contribution in [0.2, 0.25) is 0 Å². The molecule has 0 radical (unpaired) electrons. The van der Waals surface area contributed by atoms with Crippen LogP contribution in [-0.4, -0.2) is 43.6 Å². The lowest BCUT2D eigenvalue weighted by molar-refractivity contribution is 0.0696. The van der Waals surface area contributed by atoms with Crippen LogP contribution in [0.4, 0.5) is 0 Å². The van der Waals surface area contributed by atoms with Crippen LogP contribution in [0.25, 0.3) is 0 Å². The molecule has 0 bridgehead atoms. The van der Waals surface area contributed by atoms with Crippen molar-refractivity contribution in [2.24, 2.45) is 0 Å². The molecule has 1 atom stereocenters. The van der Waals surface area contributed by atoms with Crippen molar-refractivity contribution in [1.82, 2.24) is 0 Å². The van der Waals surface area contributed by atoms with Crippen molar-refractivity contribution >= 4 is 15.8 Å². The van der Waals surface area contributed by atoms with Crippen molar-refractivity contribution in [1.29, 1.82) is 0 Å². The second kappa shape index (κ2) is 6.03. The van der Waals surface area contributed by atoms with Crippen molar-refractivity contribution < 1.29 is 28.2 Å².